The van der Waals surface area contributed by atoms with Crippen molar-refractivity contribution in [1.82, 2.24) is 20.5 Å². The van der Waals surface area contributed by atoms with Crippen LogP contribution in [0.3, 0.4) is 0 Å². The van der Waals surface area contributed by atoms with Crippen LogP contribution < -0.4 is 24.8 Å². The molecule has 1 aromatic carbocycles. The maximum Gasteiger partial charge on any atom is 0.191 e. The van der Waals surface area contributed by atoms with E-state index in [1.54, 1.807) is 33.7 Å². The van der Waals surface area contributed by atoms with Gasteiger partial charge >= 0.3 is 0 Å². The average Bonchev–Trinajstić information content (AvgIpc) is 3.22. The minimum atomic E-state index is 0.350. The average molecular weight is 414 g/mol. The fraction of sp³-hybridized carbons (Fsp3) is 0.455. The van der Waals surface area contributed by atoms with E-state index in [9.17, 15) is 0 Å². The molecule has 8 nitrogen and oxygen atoms in total. The molecule has 0 amide bonds. The number of rotatable bonds is 9. The van der Waals surface area contributed by atoms with Crippen LogP contribution in [0.2, 0.25) is 0 Å². The number of hydrogen-bond donors (Lipinski definition) is 2. The van der Waals surface area contributed by atoms with Gasteiger partial charge in [0.15, 0.2) is 5.96 Å². The molecule has 3 rings (SSSR count). The van der Waals surface area contributed by atoms with Gasteiger partial charge in [0.1, 0.15) is 23.9 Å². The van der Waals surface area contributed by atoms with E-state index in [4.69, 9.17) is 14.2 Å². The van der Waals surface area contributed by atoms with E-state index in [1.165, 1.54) is 5.56 Å². The Kier molecular flexibility index (Phi) is 8.14. The maximum absolute atomic E-state index is 5.66. The number of likely N-dealkylation sites (tertiary alicyclic amines) is 1. The van der Waals surface area contributed by atoms with E-state index in [-0.39, 0.29) is 0 Å². The molecule has 0 radical (unpaired) electrons. The van der Waals surface area contributed by atoms with Crippen LogP contribution in [0.15, 0.2) is 47.7 Å². The van der Waals surface area contributed by atoms with Gasteiger partial charge < -0.3 is 24.8 Å². The number of ether oxygens (including phenoxy) is 3. The van der Waals surface area contributed by atoms with Gasteiger partial charge in [0.05, 0.1) is 27.0 Å². The lowest BCUT2D eigenvalue weighted by atomic mass is 10.2. The third-order valence-corrected chi connectivity index (χ3v) is 4.95. The summed E-state index contributed by atoms with van der Waals surface area (Å²) in [6, 6.07) is 10.1. The second kappa shape index (κ2) is 11.3. The summed E-state index contributed by atoms with van der Waals surface area (Å²) in [5.41, 5.74) is 1.18. The minimum Gasteiger partial charge on any atom is -0.497 e. The number of guanidine groups is 1. The van der Waals surface area contributed by atoms with Crippen molar-refractivity contribution in [2.75, 3.05) is 47.5 Å². The molecule has 0 bridgehead atoms. The van der Waals surface area contributed by atoms with Gasteiger partial charge in [0.2, 0.25) is 0 Å². The molecule has 2 aromatic rings. The predicted octanol–water partition coefficient (Wildman–Crippen LogP) is 1.92. The maximum atomic E-state index is 5.66. The Bertz CT molecular complexity index is 793. The summed E-state index contributed by atoms with van der Waals surface area (Å²) in [6.45, 7) is 4.04. The van der Waals surface area contributed by atoms with Crippen LogP contribution in [-0.2, 0) is 6.54 Å². The third kappa shape index (κ3) is 6.52. The first-order chi connectivity index (χ1) is 14.7. The first-order valence-electron chi connectivity index (χ1n) is 10.1. The summed E-state index contributed by atoms with van der Waals surface area (Å²) in [6.07, 6.45) is 4.50. The van der Waals surface area contributed by atoms with Crippen molar-refractivity contribution in [2.24, 2.45) is 4.99 Å². The fourth-order valence-corrected chi connectivity index (χ4v) is 3.47. The Hall–Kier alpha value is -3.00. The zero-order chi connectivity index (χ0) is 21.2. The van der Waals surface area contributed by atoms with Gasteiger partial charge in [-0.25, -0.2) is 0 Å². The summed E-state index contributed by atoms with van der Waals surface area (Å²) in [5, 5.41) is 6.81. The van der Waals surface area contributed by atoms with Crippen molar-refractivity contribution < 1.29 is 14.2 Å². The Morgan fingerprint density at radius 2 is 2.00 bits per heavy atom. The van der Waals surface area contributed by atoms with Gasteiger partial charge in [-0.1, -0.05) is 0 Å². The lowest BCUT2D eigenvalue weighted by Gasteiger charge is -2.19. The number of aromatic nitrogens is 1. The number of benzene rings is 1. The molecule has 30 heavy (non-hydrogen) atoms. The molecule has 162 valence electrons. The standard InChI is InChI=1S/C22H31N5O3/c1-23-22(25-8-10-30-19-5-4-7-24-14-19)26-18-6-9-27(16-18)15-17-11-20(28-2)13-21(12-17)29-3/h4-5,7,11-14,18H,6,8-10,15-16H2,1-3H3,(H2,23,25,26). The molecule has 0 aliphatic carbocycles. The van der Waals surface area contributed by atoms with E-state index in [0.717, 1.165) is 49.3 Å². The number of pyridine rings is 1. The second-order valence-electron chi connectivity index (χ2n) is 7.12. The summed E-state index contributed by atoms with van der Waals surface area (Å²) in [4.78, 5) is 10.8. The predicted molar refractivity (Wildman–Crippen MR) is 117 cm³/mol. The van der Waals surface area contributed by atoms with Crippen molar-refractivity contribution in [3.63, 3.8) is 0 Å². The molecule has 1 aromatic heterocycles. The summed E-state index contributed by atoms with van der Waals surface area (Å²) < 4.78 is 16.4. The van der Waals surface area contributed by atoms with Crippen LogP contribution in [0.4, 0.5) is 0 Å². The molecule has 1 atom stereocenters. The van der Waals surface area contributed by atoms with Gasteiger partial charge in [-0.2, -0.15) is 0 Å². The Balaban J connectivity index is 1.42. The number of nitrogens with zero attached hydrogens (tertiary/aromatic N) is 3. The molecular formula is C22H31N5O3. The highest BCUT2D eigenvalue weighted by Gasteiger charge is 2.23. The highest BCUT2D eigenvalue weighted by Crippen LogP contribution is 2.24. The summed E-state index contributed by atoms with van der Waals surface area (Å²) in [5.74, 6) is 3.19. The van der Waals surface area contributed by atoms with Crippen molar-refractivity contribution in [1.29, 1.82) is 0 Å². The summed E-state index contributed by atoms with van der Waals surface area (Å²) >= 11 is 0. The fourth-order valence-electron chi connectivity index (χ4n) is 3.47. The second-order valence-corrected chi connectivity index (χ2v) is 7.12. The van der Waals surface area contributed by atoms with E-state index in [2.05, 4.69) is 37.6 Å². The highest BCUT2D eigenvalue weighted by molar-refractivity contribution is 5.80. The summed E-state index contributed by atoms with van der Waals surface area (Å²) in [7, 11) is 5.13. The smallest absolute Gasteiger partial charge is 0.191 e. The van der Waals surface area contributed by atoms with E-state index in [0.29, 0.717) is 19.2 Å². The molecule has 2 heterocycles. The van der Waals surface area contributed by atoms with Crippen molar-refractivity contribution >= 4 is 5.96 Å². The van der Waals surface area contributed by atoms with E-state index in [1.807, 2.05) is 18.2 Å². The molecule has 1 saturated heterocycles. The van der Waals surface area contributed by atoms with Crippen LogP contribution in [0.1, 0.15) is 12.0 Å². The van der Waals surface area contributed by atoms with Gasteiger partial charge in [0.25, 0.3) is 0 Å². The van der Waals surface area contributed by atoms with Gasteiger partial charge in [-0.3, -0.25) is 14.9 Å². The van der Waals surface area contributed by atoms with E-state index >= 15 is 0 Å². The molecule has 1 aliphatic heterocycles. The van der Waals surface area contributed by atoms with Gasteiger partial charge in [-0.15, -0.1) is 0 Å². The van der Waals surface area contributed by atoms with Crippen molar-refractivity contribution in [2.45, 2.75) is 19.0 Å². The monoisotopic (exact) mass is 413 g/mol. The van der Waals surface area contributed by atoms with Crippen LogP contribution in [0, 0.1) is 0 Å². The Labute approximate surface area is 178 Å². The van der Waals surface area contributed by atoms with Crippen LogP contribution in [-0.4, -0.2) is 69.4 Å². The normalized spacial score (nSPS) is 16.9. The number of hydrogen-bond acceptors (Lipinski definition) is 6. The Morgan fingerprint density at radius 3 is 2.67 bits per heavy atom. The van der Waals surface area contributed by atoms with Crippen LogP contribution >= 0.6 is 0 Å². The highest BCUT2D eigenvalue weighted by atomic mass is 16.5. The zero-order valence-electron chi connectivity index (χ0n) is 17.9. The molecule has 2 N–H and O–H groups in total. The van der Waals surface area contributed by atoms with Gasteiger partial charge in [0, 0.05) is 45.0 Å². The topological polar surface area (TPSA) is 80.2 Å². The first kappa shape index (κ1) is 21.7. The molecule has 1 aliphatic rings. The molecular weight excluding hydrogens is 382 g/mol. The molecule has 8 heteroatoms. The lowest BCUT2D eigenvalue weighted by molar-refractivity contribution is 0.317. The van der Waals surface area contributed by atoms with Crippen molar-refractivity contribution in [3.05, 3.63) is 48.3 Å². The molecule has 1 fully saturated rings. The molecule has 0 saturated carbocycles. The lowest BCUT2D eigenvalue weighted by Crippen LogP contribution is -2.45. The third-order valence-electron chi connectivity index (χ3n) is 4.95. The molecule has 1 unspecified atom stereocenters. The number of nitrogens with one attached hydrogen (secondary N) is 2. The van der Waals surface area contributed by atoms with Crippen LogP contribution in [0.5, 0.6) is 17.2 Å². The zero-order valence-corrected chi connectivity index (χ0v) is 17.9. The SMILES string of the molecule is CN=C(NCCOc1cccnc1)NC1CCN(Cc2cc(OC)cc(OC)c2)C1. The number of methoxy groups -OCH3 is 2. The number of aliphatic imine (C=N–C) groups is 1. The van der Waals surface area contributed by atoms with Crippen molar-refractivity contribution in [3.8, 4) is 17.2 Å². The molecule has 0 spiro atoms. The first-order valence-corrected chi connectivity index (χ1v) is 10.1. The Morgan fingerprint density at radius 1 is 1.20 bits per heavy atom. The van der Waals surface area contributed by atoms with Gasteiger partial charge in [-0.05, 0) is 36.2 Å². The quantitative estimate of drug-likeness (QED) is 0.369. The van der Waals surface area contributed by atoms with Crippen LogP contribution in [0.25, 0.3) is 0 Å². The minimum absolute atomic E-state index is 0.350. The van der Waals surface area contributed by atoms with E-state index < -0.39 is 0 Å². The largest absolute Gasteiger partial charge is 0.497 e.